The Bertz CT molecular complexity index is 244. The molecule has 1 N–H and O–H groups in total. The second kappa shape index (κ2) is 4.89. The van der Waals surface area contributed by atoms with Crippen LogP contribution in [0.15, 0.2) is 0 Å². The molecule has 0 heterocycles. The van der Waals surface area contributed by atoms with Crippen LogP contribution >= 0.6 is 0 Å². The van der Waals surface area contributed by atoms with Crippen LogP contribution in [0, 0.1) is 29.6 Å². The topological polar surface area (TPSA) is 21.3 Å². The van der Waals surface area contributed by atoms with Crippen LogP contribution in [0.5, 0.6) is 0 Å². The van der Waals surface area contributed by atoms with E-state index in [2.05, 4.69) is 19.2 Å². The fourth-order valence-corrected chi connectivity index (χ4v) is 4.81. The van der Waals surface area contributed by atoms with Crippen LogP contribution in [-0.4, -0.2) is 25.8 Å². The highest BCUT2D eigenvalue weighted by Crippen LogP contribution is 2.70. The lowest BCUT2D eigenvalue weighted by atomic mass is 9.97. The van der Waals surface area contributed by atoms with E-state index in [0.29, 0.717) is 6.04 Å². The Balaban J connectivity index is 1.57. The lowest BCUT2D eigenvalue weighted by Gasteiger charge is -2.21. The molecule has 5 unspecified atom stereocenters. The van der Waals surface area contributed by atoms with Gasteiger partial charge in [0.05, 0.1) is 6.61 Å². The average Bonchev–Trinajstić information content (AvgIpc) is 2.79. The predicted octanol–water partition coefficient (Wildman–Crippen LogP) is 2.68. The second-order valence-electron chi connectivity index (χ2n) is 6.29. The standard InChI is InChI=1S/C15H27NO/c1-3-7-16-12(9-17-4-2)15-13-10-5-6-11(8-10)14(13)15/h10-16H,3-9H2,1-2H3. The van der Waals surface area contributed by atoms with E-state index in [1.165, 1.54) is 19.3 Å². The van der Waals surface area contributed by atoms with Crippen molar-refractivity contribution in [2.45, 2.75) is 45.6 Å². The summed E-state index contributed by atoms with van der Waals surface area (Å²) >= 11 is 0. The summed E-state index contributed by atoms with van der Waals surface area (Å²) in [7, 11) is 0. The number of rotatable bonds is 7. The summed E-state index contributed by atoms with van der Waals surface area (Å²) in [5, 5.41) is 3.74. The quantitative estimate of drug-likeness (QED) is 0.735. The fourth-order valence-electron chi connectivity index (χ4n) is 4.81. The number of ether oxygens (including phenoxy) is 1. The van der Waals surface area contributed by atoms with Crippen LogP contribution in [0.1, 0.15) is 39.5 Å². The molecule has 0 aromatic carbocycles. The molecule has 0 radical (unpaired) electrons. The van der Waals surface area contributed by atoms with E-state index in [0.717, 1.165) is 49.3 Å². The van der Waals surface area contributed by atoms with Crippen LogP contribution in [-0.2, 0) is 4.74 Å². The van der Waals surface area contributed by atoms with Gasteiger partial charge in [-0.2, -0.15) is 0 Å². The Morgan fingerprint density at radius 2 is 1.88 bits per heavy atom. The van der Waals surface area contributed by atoms with Gasteiger partial charge in [-0.1, -0.05) is 6.92 Å². The lowest BCUT2D eigenvalue weighted by Crippen LogP contribution is -2.38. The van der Waals surface area contributed by atoms with Gasteiger partial charge in [0.2, 0.25) is 0 Å². The van der Waals surface area contributed by atoms with Crippen molar-refractivity contribution in [3.8, 4) is 0 Å². The minimum atomic E-state index is 0.647. The molecular weight excluding hydrogens is 210 g/mol. The molecule has 3 rings (SSSR count). The van der Waals surface area contributed by atoms with Gasteiger partial charge in [0, 0.05) is 12.6 Å². The maximum Gasteiger partial charge on any atom is 0.0622 e. The largest absolute Gasteiger partial charge is 0.380 e. The van der Waals surface area contributed by atoms with Crippen molar-refractivity contribution in [3.05, 3.63) is 0 Å². The fraction of sp³-hybridized carbons (Fsp3) is 1.00. The van der Waals surface area contributed by atoms with Gasteiger partial charge >= 0.3 is 0 Å². The normalized spacial score (nSPS) is 43.8. The molecule has 3 aliphatic rings. The van der Waals surface area contributed by atoms with E-state index in [9.17, 15) is 0 Å². The van der Waals surface area contributed by atoms with E-state index in [4.69, 9.17) is 4.74 Å². The summed E-state index contributed by atoms with van der Waals surface area (Å²) in [6.45, 7) is 7.31. The first-order valence-corrected chi connectivity index (χ1v) is 7.68. The third-order valence-electron chi connectivity index (χ3n) is 5.42. The Labute approximate surface area is 105 Å². The highest BCUT2D eigenvalue weighted by atomic mass is 16.5. The van der Waals surface area contributed by atoms with Crippen molar-refractivity contribution in [2.24, 2.45) is 29.6 Å². The molecule has 0 aromatic heterocycles. The molecule has 0 saturated heterocycles. The molecule has 2 heteroatoms. The third-order valence-corrected chi connectivity index (χ3v) is 5.42. The zero-order valence-corrected chi connectivity index (χ0v) is 11.3. The zero-order chi connectivity index (χ0) is 11.8. The molecule has 0 aromatic rings. The molecule has 3 saturated carbocycles. The van der Waals surface area contributed by atoms with Crippen LogP contribution in [0.3, 0.4) is 0 Å². The average molecular weight is 237 g/mol. The lowest BCUT2D eigenvalue weighted by molar-refractivity contribution is 0.109. The van der Waals surface area contributed by atoms with Crippen LogP contribution in [0.4, 0.5) is 0 Å². The summed E-state index contributed by atoms with van der Waals surface area (Å²) < 4.78 is 5.69. The van der Waals surface area contributed by atoms with Crippen molar-refractivity contribution in [2.75, 3.05) is 19.8 Å². The maximum atomic E-state index is 5.69. The molecule has 98 valence electrons. The monoisotopic (exact) mass is 237 g/mol. The molecule has 0 amide bonds. The molecular formula is C15H27NO. The molecule has 17 heavy (non-hydrogen) atoms. The van der Waals surface area contributed by atoms with Gasteiger partial charge in [0.25, 0.3) is 0 Å². The molecule has 2 nitrogen and oxygen atoms in total. The summed E-state index contributed by atoms with van der Waals surface area (Å²) in [5.74, 6) is 5.27. The van der Waals surface area contributed by atoms with Crippen LogP contribution < -0.4 is 5.32 Å². The minimum Gasteiger partial charge on any atom is -0.380 e. The van der Waals surface area contributed by atoms with Crippen molar-refractivity contribution in [1.82, 2.24) is 5.32 Å². The van der Waals surface area contributed by atoms with Gasteiger partial charge in [-0.25, -0.2) is 0 Å². The van der Waals surface area contributed by atoms with Crippen molar-refractivity contribution >= 4 is 0 Å². The minimum absolute atomic E-state index is 0.647. The van der Waals surface area contributed by atoms with Gasteiger partial charge in [0.1, 0.15) is 0 Å². The van der Waals surface area contributed by atoms with Crippen molar-refractivity contribution < 1.29 is 4.74 Å². The van der Waals surface area contributed by atoms with Gasteiger partial charge in [-0.05, 0) is 68.7 Å². The van der Waals surface area contributed by atoms with Gasteiger partial charge < -0.3 is 10.1 Å². The number of fused-ring (bicyclic) bond motifs is 5. The van der Waals surface area contributed by atoms with Crippen LogP contribution in [0.2, 0.25) is 0 Å². The SMILES string of the molecule is CCCNC(COCC)C1C2C3CCC(C3)C21. The molecule has 2 bridgehead atoms. The van der Waals surface area contributed by atoms with Crippen molar-refractivity contribution in [1.29, 1.82) is 0 Å². The number of hydrogen-bond acceptors (Lipinski definition) is 2. The van der Waals surface area contributed by atoms with E-state index >= 15 is 0 Å². The second-order valence-corrected chi connectivity index (χ2v) is 6.29. The number of hydrogen-bond donors (Lipinski definition) is 1. The molecule has 0 spiro atoms. The first-order chi connectivity index (χ1) is 8.36. The van der Waals surface area contributed by atoms with E-state index in [1.807, 2.05) is 0 Å². The zero-order valence-electron chi connectivity index (χ0n) is 11.3. The van der Waals surface area contributed by atoms with Gasteiger partial charge in [0.15, 0.2) is 0 Å². The van der Waals surface area contributed by atoms with E-state index in [-0.39, 0.29) is 0 Å². The summed E-state index contributed by atoms with van der Waals surface area (Å²) in [6, 6.07) is 0.647. The van der Waals surface area contributed by atoms with Gasteiger partial charge in [-0.15, -0.1) is 0 Å². The maximum absolute atomic E-state index is 5.69. The summed E-state index contributed by atoms with van der Waals surface area (Å²) in [6.07, 6.45) is 5.84. The Hall–Kier alpha value is -0.0800. The number of nitrogens with one attached hydrogen (secondary N) is 1. The Kier molecular flexibility index (Phi) is 3.45. The third kappa shape index (κ3) is 2.04. The molecule has 3 fully saturated rings. The van der Waals surface area contributed by atoms with E-state index < -0.39 is 0 Å². The molecule has 5 atom stereocenters. The first-order valence-electron chi connectivity index (χ1n) is 7.68. The van der Waals surface area contributed by atoms with Gasteiger partial charge in [-0.3, -0.25) is 0 Å². The molecule has 0 aliphatic heterocycles. The van der Waals surface area contributed by atoms with Crippen molar-refractivity contribution in [3.63, 3.8) is 0 Å². The predicted molar refractivity (Wildman–Crippen MR) is 69.9 cm³/mol. The Morgan fingerprint density at radius 3 is 2.47 bits per heavy atom. The highest BCUT2D eigenvalue weighted by Gasteiger charge is 2.66. The highest BCUT2D eigenvalue weighted by molar-refractivity contribution is 5.15. The molecule has 3 aliphatic carbocycles. The van der Waals surface area contributed by atoms with E-state index in [1.54, 1.807) is 6.42 Å². The smallest absolute Gasteiger partial charge is 0.0622 e. The first kappa shape index (κ1) is 12.0. The summed E-state index contributed by atoms with van der Waals surface area (Å²) in [5.41, 5.74) is 0. The summed E-state index contributed by atoms with van der Waals surface area (Å²) in [4.78, 5) is 0. The Morgan fingerprint density at radius 1 is 1.18 bits per heavy atom. The van der Waals surface area contributed by atoms with Crippen LogP contribution in [0.25, 0.3) is 0 Å².